The van der Waals surface area contributed by atoms with E-state index in [9.17, 15) is 13.2 Å². The Hall–Kier alpha value is -1.70. The molecule has 128 valence electrons. The lowest BCUT2D eigenvalue weighted by Crippen LogP contribution is -2.31. The molecule has 6 nitrogen and oxygen atoms in total. The van der Waals surface area contributed by atoms with Crippen LogP contribution in [0.3, 0.4) is 0 Å². The highest BCUT2D eigenvalue weighted by molar-refractivity contribution is 7.89. The summed E-state index contributed by atoms with van der Waals surface area (Å²) in [5, 5.41) is 6.31. The molecule has 1 amide bonds. The van der Waals surface area contributed by atoms with E-state index in [4.69, 9.17) is 16.7 Å². The number of nitrogens with zero attached hydrogens (tertiary/aromatic N) is 2. The molecule has 0 saturated carbocycles. The second kappa shape index (κ2) is 6.31. The van der Waals surface area contributed by atoms with E-state index in [2.05, 4.69) is 4.98 Å². The van der Waals surface area contributed by atoms with E-state index in [1.165, 1.54) is 0 Å². The minimum Gasteiger partial charge on any atom is -0.338 e. The predicted molar refractivity (Wildman–Crippen MR) is 93.5 cm³/mol. The van der Waals surface area contributed by atoms with Gasteiger partial charge in [-0.25, -0.2) is 13.6 Å². The molecule has 1 aromatic carbocycles. The zero-order chi connectivity index (χ0) is 17.5. The van der Waals surface area contributed by atoms with E-state index in [0.717, 1.165) is 0 Å². The number of pyridine rings is 1. The van der Waals surface area contributed by atoms with Crippen molar-refractivity contribution in [2.24, 2.45) is 11.1 Å². The summed E-state index contributed by atoms with van der Waals surface area (Å²) in [6.45, 7) is 2.72. The van der Waals surface area contributed by atoms with Crippen molar-refractivity contribution < 1.29 is 13.2 Å². The minimum absolute atomic E-state index is 0.0985. The Bertz CT molecular complexity index is 914. The number of hydrogen-bond acceptors (Lipinski definition) is 4. The summed E-state index contributed by atoms with van der Waals surface area (Å²) >= 11 is 6.19. The predicted octanol–water partition coefficient (Wildman–Crippen LogP) is 1.95. The third kappa shape index (κ3) is 3.53. The zero-order valence-electron chi connectivity index (χ0n) is 13.2. The Morgan fingerprint density at radius 2 is 2.21 bits per heavy atom. The van der Waals surface area contributed by atoms with Gasteiger partial charge in [-0.1, -0.05) is 23.7 Å². The molecule has 0 radical (unpaired) electrons. The maximum atomic E-state index is 12.9. The monoisotopic (exact) mass is 367 g/mol. The van der Waals surface area contributed by atoms with Crippen molar-refractivity contribution >= 4 is 38.4 Å². The van der Waals surface area contributed by atoms with Crippen LogP contribution >= 0.6 is 11.6 Å². The fraction of sp³-hybridized carbons (Fsp3) is 0.375. The molecule has 1 aliphatic heterocycles. The normalized spacial score (nSPS) is 18.3. The quantitative estimate of drug-likeness (QED) is 0.897. The van der Waals surface area contributed by atoms with Crippen molar-refractivity contribution in [3.05, 3.63) is 40.5 Å². The van der Waals surface area contributed by atoms with Crippen LogP contribution in [0.25, 0.3) is 10.9 Å². The first-order chi connectivity index (χ1) is 11.2. The van der Waals surface area contributed by atoms with Crippen molar-refractivity contribution in [1.29, 1.82) is 0 Å². The summed E-state index contributed by atoms with van der Waals surface area (Å²) in [7, 11) is -3.53. The first-order valence-corrected chi connectivity index (χ1v) is 9.69. The second-order valence-electron chi connectivity index (χ2n) is 6.18. The van der Waals surface area contributed by atoms with Crippen LogP contribution in [0.1, 0.15) is 22.5 Å². The van der Waals surface area contributed by atoms with Gasteiger partial charge in [-0.05, 0) is 31.4 Å². The highest BCUT2D eigenvalue weighted by Gasteiger charge is 2.30. The van der Waals surface area contributed by atoms with Crippen LogP contribution in [-0.2, 0) is 10.0 Å². The number of carbonyl (C=O) groups is 1. The SMILES string of the molecule is Cc1cc(C(=O)N2CC[C@H](CS(N)(=O)=O)C2)c2cccc(Cl)c2n1. The van der Waals surface area contributed by atoms with E-state index in [1.807, 2.05) is 13.0 Å². The molecule has 2 heterocycles. The molecule has 0 unspecified atom stereocenters. The number of aromatic nitrogens is 1. The number of aryl methyl sites for hydroxylation is 1. The highest BCUT2D eigenvalue weighted by atomic mass is 35.5. The molecular formula is C16H18ClN3O3S. The van der Waals surface area contributed by atoms with Crippen LogP contribution in [-0.4, -0.2) is 43.1 Å². The molecule has 0 bridgehead atoms. The molecule has 1 atom stereocenters. The molecule has 2 aromatic rings. The molecule has 1 saturated heterocycles. The maximum absolute atomic E-state index is 12.9. The molecule has 1 aromatic heterocycles. The Labute approximate surface area is 145 Å². The number of primary sulfonamides is 1. The molecule has 1 fully saturated rings. The molecule has 24 heavy (non-hydrogen) atoms. The van der Waals surface area contributed by atoms with Crippen molar-refractivity contribution in [2.45, 2.75) is 13.3 Å². The first-order valence-electron chi connectivity index (χ1n) is 7.60. The van der Waals surface area contributed by atoms with Crippen LogP contribution in [0.15, 0.2) is 24.3 Å². The molecule has 0 aliphatic carbocycles. The number of nitrogens with two attached hydrogens (primary N) is 1. The number of likely N-dealkylation sites (tertiary alicyclic amines) is 1. The highest BCUT2D eigenvalue weighted by Crippen LogP contribution is 2.27. The van der Waals surface area contributed by atoms with Crippen LogP contribution in [0.5, 0.6) is 0 Å². The summed E-state index contributed by atoms with van der Waals surface area (Å²) in [6, 6.07) is 7.08. The number of benzene rings is 1. The average molecular weight is 368 g/mol. The number of hydrogen-bond donors (Lipinski definition) is 1. The molecule has 8 heteroatoms. The van der Waals surface area contributed by atoms with E-state index < -0.39 is 10.0 Å². The molecule has 3 rings (SSSR count). The average Bonchev–Trinajstić information content (AvgIpc) is 2.93. The Morgan fingerprint density at radius 3 is 2.92 bits per heavy atom. The van der Waals surface area contributed by atoms with Gasteiger partial charge in [0.15, 0.2) is 0 Å². The number of sulfonamides is 1. The Balaban J connectivity index is 1.91. The molecule has 2 N–H and O–H groups in total. The second-order valence-corrected chi connectivity index (χ2v) is 8.25. The summed E-state index contributed by atoms with van der Waals surface area (Å²) in [5.74, 6) is -0.356. The fourth-order valence-electron chi connectivity index (χ4n) is 3.17. The van der Waals surface area contributed by atoms with Crippen molar-refractivity contribution in [3.8, 4) is 0 Å². The van der Waals surface area contributed by atoms with Gasteiger partial charge in [0, 0.05) is 24.2 Å². The van der Waals surface area contributed by atoms with Crippen LogP contribution in [0, 0.1) is 12.8 Å². The van der Waals surface area contributed by atoms with Crippen LogP contribution in [0.4, 0.5) is 0 Å². The van der Waals surface area contributed by atoms with Gasteiger partial charge in [0.1, 0.15) is 0 Å². The van der Waals surface area contributed by atoms with E-state index in [0.29, 0.717) is 46.7 Å². The number of carbonyl (C=O) groups excluding carboxylic acids is 1. The number of para-hydroxylation sites is 1. The van der Waals surface area contributed by atoms with Crippen molar-refractivity contribution in [3.63, 3.8) is 0 Å². The largest absolute Gasteiger partial charge is 0.338 e. The van der Waals surface area contributed by atoms with E-state index in [-0.39, 0.29) is 17.6 Å². The number of halogens is 1. The third-order valence-electron chi connectivity index (χ3n) is 4.19. The summed E-state index contributed by atoms with van der Waals surface area (Å²) in [5.41, 5.74) is 1.85. The molecular weight excluding hydrogens is 350 g/mol. The van der Waals surface area contributed by atoms with Gasteiger partial charge in [0.25, 0.3) is 5.91 Å². The zero-order valence-corrected chi connectivity index (χ0v) is 14.8. The smallest absolute Gasteiger partial charge is 0.254 e. The lowest BCUT2D eigenvalue weighted by molar-refractivity contribution is 0.0790. The van der Waals surface area contributed by atoms with Gasteiger partial charge in [0.2, 0.25) is 10.0 Å². The van der Waals surface area contributed by atoms with Gasteiger partial charge >= 0.3 is 0 Å². The van der Waals surface area contributed by atoms with E-state index in [1.54, 1.807) is 23.1 Å². The van der Waals surface area contributed by atoms with Gasteiger partial charge in [-0.3, -0.25) is 9.78 Å². The third-order valence-corrected chi connectivity index (χ3v) is 5.43. The topological polar surface area (TPSA) is 93.4 Å². The molecule has 0 spiro atoms. The van der Waals surface area contributed by atoms with Crippen molar-refractivity contribution in [2.75, 3.05) is 18.8 Å². The Kier molecular flexibility index (Phi) is 4.50. The number of amides is 1. The van der Waals surface area contributed by atoms with Gasteiger partial charge in [0.05, 0.1) is 21.9 Å². The number of rotatable bonds is 3. The number of fused-ring (bicyclic) bond motifs is 1. The van der Waals surface area contributed by atoms with Gasteiger partial charge in [-0.15, -0.1) is 0 Å². The molecule has 1 aliphatic rings. The standard InChI is InChI=1S/C16H18ClN3O3S/c1-10-7-13(12-3-2-4-14(17)15(12)19-10)16(21)20-6-5-11(8-20)9-24(18,22)23/h2-4,7,11H,5-6,8-9H2,1H3,(H2,18,22,23)/t11-/m0/s1. The lowest BCUT2D eigenvalue weighted by Gasteiger charge is -2.18. The van der Waals surface area contributed by atoms with Gasteiger partial charge in [-0.2, -0.15) is 0 Å². The van der Waals surface area contributed by atoms with Crippen molar-refractivity contribution in [1.82, 2.24) is 9.88 Å². The van der Waals surface area contributed by atoms with E-state index >= 15 is 0 Å². The summed E-state index contributed by atoms with van der Waals surface area (Å²) < 4.78 is 22.5. The maximum Gasteiger partial charge on any atom is 0.254 e. The lowest BCUT2D eigenvalue weighted by atomic mass is 10.1. The van der Waals surface area contributed by atoms with Crippen LogP contribution in [0.2, 0.25) is 5.02 Å². The summed E-state index contributed by atoms with van der Waals surface area (Å²) in [4.78, 5) is 19.0. The van der Waals surface area contributed by atoms with Crippen LogP contribution < -0.4 is 5.14 Å². The van der Waals surface area contributed by atoms with Gasteiger partial charge < -0.3 is 4.90 Å². The first kappa shape index (κ1) is 17.1. The fourth-order valence-corrected chi connectivity index (χ4v) is 4.32. The minimum atomic E-state index is -3.53. The summed E-state index contributed by atoms with van der Waals surface area (Å²) in [6.07, 6.45) is 0.630. The Morgan fingerprint density at radius 1 is 1.46 bits per heavy atom.